The molecule has 0 saturated heterocycles. The second-order valence-electron chi connectivity index (χ2n) is 8.74. The van der Waals surface area contributed by atoms with Gasteiger partial charge in [-0.3, -0.25) is 9.88 Å². The lowest BCUT2D eigenvalue weighted by Gasteiger charge is -2.36. The topological polar surface area (TPSA) is 60.9 Å². The molecule has 0 saturated carbocycles. The van der Waals surface area contributed by atoms with E-state index < -0.39 is 5.60 Å². The Kier molecular flexibility index (Phi) is 5.91. The lowest BCUT2D eigenvalue weighted by molar-refractivity contribution is 0.0121. The maximum absolute atomic E-state index is 13.1. The highest BCUT2D eigenvalue weighted by Gasteiger charge is 2.32. The fourth-order valence-electron chi connectivity index (χ4n) is 3.88. The molecule has 1 aromatic carbocycles. The van der Waals surface area contributed by atoms with Gasteiger partial charge in [-0.25, -0.2) is 4.79 Å². The van der Waals surface area contributed by atoms with E-state index in [2.05, 4.69) is 39.1 Å². The second kappa shape index (κ2) is 8.46. The summed E-state index contributed by atoms with van der Waals surface area (Å²) in [5, 5.41) is 0. The van der Waals surface area contributed by atoms with Crippen molar-refractivity contribution in [2.75, 3.05) is 13.2 Å². The highest BCUT2D eigenvalue weighted by molar-refractivity contribution is 9.10. The Morgan fingerprint density at radius 1 is 1.20 bits per heavy atom. The molecule has 2 aromatic rings. The standard InChI is InChI=1S/C23H27BrN2O4/c1-23(2,3)30-22(27)26(14-18-12-20-21(13-25-18)29-9-8-28-20)19-7-5-15-10-17(24)6-4-16(15)11-19/h4,6,10,12-13,19H,5,7-9,11,14H2,1-3H3. The third kappa shape index (κ3) is 4.89. The molecule has 1 aromatic heterocycles. The van der Waals surface area contributed by atoms with Gasteiger partial charge in [-0.15, -0.1) is 0 Å². The van der Waals surface area contributed by atoms with Gasteiger partial charge < -0.3 is 14.2 Å². The number of carbonyl (C=O) groups excluding carboxylic acids is 1. The first-order valence-corrected chi connectivity index (χ1v) is 11.1. The monoisotopic (exact) mass is 474 g/mol. The molecular formula is C23H27BrN2O4. The number of fused-ring (bicyclic) bond motifs is 2. The van der Waals surface area contributed by atoms with Crippen LogP contribution in [0.5, 0.6) is 11.5 Å². The summed E-state index contributed by atoms with van der Waals surface area (Å²) in [6.45, 7) is 7.07. The third-order valence-electron chi connectivity index (χ3n) is 5.26. The largest absolute Gasteiger partial charge is 0.486 e. The van der Waals surface area contributed by atoms with Crippen molar-refractivity contribution in [3.8, 4) is 11.5 Å². The van der Waals surface area contributed by atoms with E-state index in [1.54, 1.807) is 6.20 Å². The molecule has 160 valence electrons. The third-order valence-corrected chi connectivity index (χ3v) is 5.75. The molecule has 6 nitrogen and oxygen atoms in total. The molecule has 1 unspecified atom stereocenters. The van der Waals surface area contributed by atoms with Gasteiger partial charge in [0.05, 0.1) is 18.4 Å². The van der Waals surface area contributed by atoms with Gasteiger partial charge in [0.1, 0.15) is 18.8 Å². The van der Waals surface area contributed by atoms with Crippen LogP contribution >= 0.6 is 15.9 Å². The van der Waals surface area contributed by atoms with Crippen molar-refractivity contribution in [2.24, 2.45) is 0 Å². The van der Waals surface area contributed by atoms with Crippen LogP contribution in [0.15, 0.2) is 34.9 Å². The Balaban J connectivity index is 1.58. The fourth-order valence-corrected chi connectivity index (χ4v) is 4.29. The van der Waals surface area contributed by atoms with Crippen LogP contribution in [0.4, 0.5) is 4.79 Å². The highest BCUT2D eigenvalue weighted by Crippen LogP contribution is 2.32. The van der Waals surface area contributed by atoms with E-state index in [0.29, 0.717) is 31.3 Å². The predicted octanol–water partition coefficient (Wildman–Crippen LogP) is 4.91. The van der Waals surface area contributed by atoms with Crippen LogP contribution in [0.3, 0.4) is 0 Å². The fraction of sp³-hybridized carbons (Fsp3) is 0.478. The van der Waals surface area contributed by atoms with E-state index in [0.717, 1.165) is 29.4 Å². The number of aryl methyl sites for hydroxylation is 1. The minimum Gasteiger partial charge on any atom is -0.486 e. The molecule has 2 heterocycles. The smallest absolute Gasteiger partial charge is 0.410 e. The summed E-state index contributed by atoms with van der Waals surface area (Å²) in [6, 6.07) is 8.28. The van der Waals surface area contributed by atoms with Crippen molar-refractivity contribution in [1.29, 1.82) is 0 Å². The number of nitrogens with zero attached hydrogens (tertiary/aromatic N) is 2. The Bertz CT molecular complexity index is 941. The Hall–Kier alpha value is -2.28. The first-order valence-electron chi connectivity index (χ1n) is 10.3. The highest BCUT2D eigenvalue weighted by atomic mass is 79.9. The van der Waals surface area contributed by atoms with Crippen molar-refractivity contribution in [2.45, 2.75) is 58.2 Å². The molecule has 1 aliphatic carbocycles. The molecule has 0 radical (unpaired) electrons. The van der Waals surface area contributed by atoms with Crippen molar-refractivity contribution >= 4 is 22.0 Å². The zero-order chi connectivity index (χ0) is 21.3. The number of aromatic nitrogens is 1. The molecule has 2 aliphatic rings. The van der Waals surface area contributed by atoms with Crippen LogP contribution in [0.25, 0.3) is 0 Å². The summed E-state index contributed by atoms with van der Waals surface area (Å²) in [5.41, 5.74) is 2.81. The maximum Gasteiger partial charge on any atom is 0.410 e. The van der Waals surface area contributed by atoms with Gasteiger partial charge >= 0.3 is 6.09 Å². The SMILES string of the molecule is CC(C)(C)OC(=O)N(Cc1cc2c(cn1)OCCO2)C1CCc2cc(Br)ccc2C1. The molecule has 7 heteroatoms. The number of amides is 1. The van der Waals surface area contributed by atoms with E-state index in [9.17, 15) is 4.79 Å². The van der Waals surface area contributed by atoms with E-state index in [1.165, 1.54) is 11.1 Å². The van der Waals surface area contributed by atoms with Crippen molar-refractivity contribution in [3.05, 3.63) is 51.8 Å². The summed E-state index contributed by atoms with van der Waals surface area (Å²) in [7, 11) is 0. The summed E-state index contributed by atoms with van der Waals surface area (Å²) in [4.78, 5) is 19.4. The number of hydrogen-bond acceptors (Lipinski definition) is 5. The first-order chi connectivity index (χ1) is 14.3. The number of hydrogen-bond donors (Lipinski definition) is 0. The minimum absolute atomic E-state index is 0.0449. The average Bonchev–Trinajstić information content (AvgIpc) is 2.70. The van der Waals surface area contributed by atoms with E-state index >= 15 is 0 Å². The Morgan fingerprint density at radius 2 is 1.97 bits per heavy atom. The van der Waals surface area contributed by atoms with Crippen molar-refractivity contribution in [1.82, 2.24) is 9.88 Å². The number of halogens is 1. The molecule has 1 aliphatic heterocycles. The minimum atomic E-state index is -0.562. The van der Waals surface area contributed by atoms with Gasteiger partial charge in [0, 0.05) is 16.6 Å². The quantitative estimate of drug-likeness (QED) is 0.632. The first kappa shape index (κ1) is 21.0. The lowest BCUT2D eigenvalue weighted by atomic mass is 9.87. The molecule has 0 spiro atoms. The number of carbonyl (C=O) groups is 1. The molecular weight excluding hydrogens is 448 g/mol. The molecule has 1 amide bonds. The Morgan fingerprint density at radius 3 is 2.73 bits per heavy atom. The maximum atomic E-state index is 13.1. The molecule has 0 bridgehead atoms. The van der Waals surface area contributed by atoms with Crippen LogP contribution in [0.2, 0.25) is 0 Å². The van der Waals surface area contributed by atoms with E-state index in [4.69, 9.17) is 14.2 Å². The van der Waals surface area contributed by atoms with Gasteiger partial charge in [0.2, 0.25) is 0 Å². The van der Waals surface area contributed by atoms with Gasteiger partial charge in [-0.2, -0.15) is 0 Å². The summed E-state index contributed by atoms with van der Waals surface area (Å²) >= 11 is 3.55. The van der Waals surface area contributed by atoms with Crippen LogP contribution in [0.1, 0.15) is 44.0 Å². The number of rotatable bonds is 3. The summed E-state index contributed by atoms with van der Waals surface area (Å²) < 4.78 is 18.1. The van der Waals surface area contributed by atoms with Crippen LogP contribution in [-0.2, 0) is 24.1 Å². The van der Waals surface area contributed by atoms with Crippen LogP contribution < -0.4 is 9.47 Å². The average molecular weight is 475 g/mol. The van der Waals surface area contributed by atoms with Gasteiger partial charge in [-0.05, 0) is 63.3 Å². The van der Waals surface area contributed by atoms with Gasteiger partial charge in [0.25, 0.3) is 0 Å². The number of ether oxygens (including phenoxy) is 3. The number of pyridine rings is 1. The van der Waals surface area contributed by atoms with Gasteiger partial charge in [0.15, 0.2) is 11.5 Å². The van der Waals surface area contributed by atoms with Crippen molar-refractivity contribution in [3.63, 3.8) is 0 Å². The summed E-state index contributed by atoms with van der Waals surface area (Å²) in [5.74, 6) is 1.32. The zero-order valence-electron chi connectivity index (χ0n) is 17.6. The van der Waals surface area contributed by atoms with Crippen molar-refractivity contribution < 1.29 is 19.0 Å². The van der Waals surface area contributed by atoms with Crippen LogP contribution in [-0.4, -0.2) is 40.8 Å². The zero-order valence-corrected chi connectivity index (χ0v) is 19.2. The molecule has 0 fully saturated rings. The summed E-state index contributed by atoms with van der Waals surface area (Å²) in [6.07, 6.45) is 3.96. The normalized spacial score (nSPS) is 17.8. The van der Waals surface area contributed by atoms with E-state index in [-0.39, 0.29) is 12.1 Å². The molecule has 0 N–H and O–H groups in total. The van der Waals surface area contributed by atoms with E-state index in [1.807, 2.05) is 31.7 Å². The predicted molar refractivity (Wildman–Crippen MR) is 117 cm³/mol. The lowest BCUT2D eigenvalue weighted by Crippen LogP contribution is -2.45. The molecule has 4 rings (SSSR count). The second-order valence-corrected chi connectivity index (χ2v) is 9.65. The number of benzene rings is 1. The Labute approximate surface area is 185 Å². The molecule has 1 atom stereocenters. The van der Waals surface area contributed by atoms with Crippen LogP contribution in [0, 0.1) is 0 Å². The van der Waals surface area contributed by atoms with Gasteiger partial charge in [-0.1, -0.05) is 22.0 Å². The molecule has 30 heavy (non-hydrogen) atoms.